The van der Waals surface area contributed by atoms with Crippen LogP contribution in [0.15, 0.2) is 67.0 Å². The summed E-state index contributed by atoms with van der Waals surface area (Å²) in [4.78, 5) is 15.1. The predicted octanol–water partition coefficient (Wildman–Crippen LogP) is 4.04. The minimum atomic E-state index is 0.124. The Morgan fingerprint density at radius 1 is 1.08 bits per heavy atom. The Morgan fingerprint density at radius 3 is 2.38 bits per heavy atom. The van der Waals surface area contributed by atoms with Gasteiger partial charge in [-0.1, -0.05) is 42.0 Å². The first-order valence-electron chi connectivity index (χ1n) is 9.12. The first-order chi connectivity index (χ1) is 12.7. The largest absolute Gasteiger partial charge is 0.331 e. The van der Waals surface area contributed by atoms with Gasteiger partial charge in [0.25, 0.3) is 5.91 Å². The van der Waals surface area contributed by atoms with E-state index in [-0.39, 0.29) is 5.91 Å². The minimum absolute atomic E-state index is 0.124. The predicted molar refractivity (Wildman–Crippen MR) is 102 cm³/mol. The third-order valence-electron chi connectivity index (χ3n) is 4.83. The Balaban J connectivity index is 1.47. The van der Waals surface area contributed by atoms with Gasteiger partial charge < -0.3 is 4.90 Å². The van der Waals surface area contributed by atoms with Crippen LogP contribution < -0.4 is 0 Å². The van der Waals surface area contributed by atoms with Crippen LogP contribution in [-0.4, -0.2) is 26.6 Å². The number of benzene rings is 2. The van der Waals surface area contributed by atoms with Crippen LogP contribution in [0, 0.1) is 6.92 Å². The van der Waals surface area contributed by atoms with E-state index in [1.165, 1.54) is 11.1 Å². The molecule has 0 saturated heterocycles. The second kappa shape index (κ2) is 7.16. The number of carbonyl (C=O) groups is 1. The van der Waals surface area contributed by atoms with E-state index in [4.69, 9.17) is 0 Å². The summed E-state index contributed by atoms with van der Waals surface area (Å²) >= 11 is 0. The van der Waals surface area contributed by atoms with Crippen molar-refractivity contribution < 1.29 is 4.79 Å². The average molecular weight is 345 g/mol. The first-order valence-corrected chi connectivity index (χ1v) is 9.12. The molecule has 1 saturated carbocycles. The highest BCUT2D eigenvalue weighted by Crippen LogP contribution is 2.30. The molecule has 132 valence electrons. The molecule has 1 aromatic heterocycles. The quantitative estimate of drug-likeness (QED) is 0.676. The van der Waals surface area contributed by atoms with Crippen molar-refractivity contribution in [2.24, 2.45) is 0 Å². The zero-order chi connectivity index (χ0) is 17.9. The summed E-state index contributed by atoms with van der Waals surface area (Å²) in [6, 6.07) is 18.7. The fourth-order valence-corrected chi connectivity index (χ4v) is 3.14. The van der Waals surface area contributed by atoms with Gasteiger partial charge in [-0.15, -0.1) is 0 Å². The van der Waals surface area contributed by atoms with Crippen molar-refractivity contribution >= 4 is 5.91 Å². The Hall–Kier alpha value is -2.88. The van der Waals surface area contributed by atoms with Crippen molar-refractivity contribution in [3.63, 3.8) is 0 Å². The van der Waals surface area contributed by atoms with Gasteiger partial charge in [-0.2, -0.15) is 5.10 Å². The normalized spacial score (nSPS) is 13.6. The number of hydrogen-bond acceptors (Lipinski definition) is 2. The van der Waals surface area contributed by atoms with Crippen molar-refractivity contribution in [1.29, 1.82) is 0 Å². The van der Waals surface area contributed by atoms with Crippen LogP contribution in [0.5, 0.6) is 0 Å². The molecule has 0 radical (unpaired) electrons. The van der Waals surface area contributed by atoms with Gasteiger partial charge in [0.2, 0.25) is 0 Å². The molecule has 1 aliphatic carbocycles. The summed E-state index contributed by atoms with van der Waals surface area (Å²) in [5.41, 5.74) is 4.33. The monoisotopic (exact) mass is 345 g/mol. The number of rotatable bonds is 6. The van der Waals surface area contributed by atoms with E-state index in [0.29, 0.717) is 12.6 Å². The maximum absolute atomic E-state index is 13.0. The summed E-state index contributed by atoms with van der Waals surface area (Å²) in [6.45, 7) is 3.48. The van der Waals surface area contributed by atoms with Crippen LogP contribution in [0.4, 0.5) is 0 Å². The maximum Gasteiger partial charge on any atom is 0.254 e. The summed E-state index contributed by atoms with van der Waals surface area (Å²) in [6.07, 6.45) is 5.93. The van der Waals surface area contributed by atoms with Crippen molar-refractivity contribution in [3.05, 3.63) is 89.2 Å². The molecule has 0 spiro atoms. The second-order valence-corrected chi connectivity index (χ2v) is 7.05. The first kappa shape index (κ1) is 16.6. The van der Waals surface area contributed by atoms with Crippen LogP contribution in [0.2, 0.25) is 0 Å². The molecule has 0 atom stereocenters. The van der Waals surface area contributed by atoms with Gasteiger partial charge in [0.15, 0.2) is 0 Å². The number of hydrogen-bond donors (Lipinski definition) is 0. The molecular formula is C22H23N3O. The number of carbonyl (C=O) groups excluding carboxylic acids is 1. The highest BCUT2D eigenvalue weighted by Gasteiger charge is 2.33. The van der Waals surface area contributed by atoms with E-state index in [1.54, 1.807) is 6.20 Å². The van der Waals surface area contributed by atoms with Gasteiger partial charge in [-0.3, -0.25) is 9.48 Å². The molecule has 4 heteroatoms. The van der Waals surface area contributed by atoms with Gasteiger partial charge in [-0.05, 0) is 49.1 Å². The molecule has 26 heavy (non-hydrogen) atoms. The van der Waals surface area contributed by atoms with Gasteiger partial charge in [-0.25, -0.2) is 0 Å². The third-order valence-corrected chi connectivity index (χ3v) is 4.83. The van der Waals surface area contributed by atoms with Crippen molar-refractivity contribution in [2.75, 3.05) is 0 Å². The van der Waals surface area contributed by atoms with E-state index in [2.05, 4.69) is 36.3 Å². The number of amides is 1. The minimum Gasteiger partial charge on any atom is -0.331 e. The molecule has 0 N–H and O–H groups in total. The van der Waals surface area contributed by atoms with Crippen LogP contribution >= 0.6 is 0 Å². The summed E-state index contributed by atoms with van der Waals surface area (Å²) in [7, 11) is 0. The van der Waals surface area contributed by atoms with Crippen LogP contribution in [0.25, 0.3) is 0 Å². The lowest BCUT2D eigenvalue weighted by molar-refractivity contribution is 0.0730. The van der Waals surface area contributed by atoms with Crippen molar-refractivity contribution in [2.45, 2.75) is 38.9 Å². The number of nitrogens with zero attached hydrogens (tertiary/aromatic N) is 3. The smallest absolute Gasteiger partial charge is 0.254 e. The van der Waals surface area contributed by atoms with Crippen molar-refractivity contribution in [1.82, 2.24) is 14.7 Å². The molecule has 4 nitrogen and oxygen atoms in total. The SMILES string of the molecule is Cc1ccc(CN(C(=O)c2ccc(Cn3cccn3)cc2)C2CC2)cc1. The number of aryl methyl sites for hydroxylation is 1. The zero-order valence-corrected chi connectivity index (χ0v) is 15.0. The van der Waals surface area contributed by atoms with Crippen molar-refractivity contribution in [3.8, 4) is 0 Å². The Kier molecular flexibility index (Phi) is 4.57. The molecule has 3 aromatic rings. The average Bonchev–Trinajstić information content (AvgIpc) is 3.38. The highest BCUT2D eigenvalue weighted by molar-refractivity contribution is 5.94. The van der Waals surface area contributed by atoms with Crippen LogP contribution in [0.3, 0.4) is 0 Å². The second-order valence-electron chi connectivity index (χ2n) is 7.05. The molecule has 1 fully saturated rings. The van der Waals surface area contributed by atoms with Gasteiger partial charge >= 0.3 is 0 Å². The highest BCUT2D eigenvalue weighted by atomic mass is 16.2. The summed E-state index contributed by atoms with van der Waals surface area (Å²) in [5, 5.41) is 4.22. The van der Waals surface area contributed by atoms with E-state index in [9.17, 15) is 4.79 Å². The third kappa shape index (κ3) is 3.85. The van der Waals surface area contributed by atoms with E-state index in [0.717, 1.165) is 30.5 Å². The van der Waals surface area contributed by atoms with Gasteiger partial charge in [0.1, 0.15) is 0 Å². The molecule has 1 amide bonds. The maximum atomic E-state index is 13.0. The van der Waals surface area contributed by atoms with E-state index in [1.807, 2.05) is 46.1 Å². The molecule has 2 aromatic carbocycles. The zero-order valence-electron chi connectivity index (χ0n) is 15.0. The standard InChI is InChI=1S/C22H23N3O/c1-17-3-5-19(6-4-17)16-25(21-11-12-21)22(26)20-9-7-18(8-10-20)15-24-14-2-13-23-24/h2-10,13-14,21H,11-12,15-16H2,1H3. The summed E-state index contributed by atoms with van der Waals surface area (Å²) < 4.78 is 1.88. The fourth-order valence-electron chi connectivity index (χ4n) is 3.14. The molecule has 1 heterocycles. The molecule has 0 bridgehead atoms. The lowest BCUT2D eigenvalue weighted by Gasteiger charge is -2.23. The Labute approximate surface area is 154 Å². The fraction of sp³-hybridized carbons (Fsp3) is 0.273. The molecule has 1 aliphatic rings. The molecular weight excluding hydrogens is 322 g/mol. The van der Waals surface area contributed by atoms with Gasteiger partial charge in [0.05, 0.1) is 6.54 Å². The van der Waals surface area contributed by atoms with Gasteiger partial charge in [0, 0.05) is 30.5 Å². The number of aromatic nitrogens is 2. The Bertz CT molecular complexity index is 863. The lowest BCUT2D eigenvalue weighted by atomic mass is 10.1. The Morgan fingerprint density at radius 2 is 1.77 bits per heavy atom. The molecule has 4 rings (SSSR count). The lowest BCUT2D eigenvalue weighted by Crippen LogP contribution is -2.32. The van der Waals surface area contributed by atoms with E-state index >= 15 is 0 Å². The topological polar surface area (TPSA) is 38.1 Å². The summed E-state index contributed by atoms with van der Waals surface area (Å²) in [5.74, 6) is 0.124. The molecule has 0 aliphatic heterocycles. The van der Waals surface area contributed by atoms with Crippen LogP contribution in [0.1, 0.15) is 39.9 Å². The molecule has 0 unspecified atom stereocenters. The van der Waals surface area contributed by atoms with E-state index < -0.39 is 0 Å². The van der Waals surface area contributed by atoms with Crippen LogP contribution in [-0.2, 0) is 13.1 Å².